The van der Waals surface area contributed by atoms with Crippen LogP contribution in [0.2, 0.25) is 0 Å². The zero-order valence-corrected chi connectivity index (χ0v) is 44.1. The molecule has 6 aromatic carbocycles. The molecule has 9 fully saturated rings. The molecule has 22 unspecified atom stereocenters. The fourth-order valence-electron chi connectivity index (χ4n) is 18.8. The molecule has 8 nitrogen and oxygen atoms in total. The van der Waals surface area contributed by atoms with Crippen molar-refractivity contribution in [2.24, 2.45) is 47.3 Å². The van der Waals surface area contributed by atoms with Gasteiger partial charge in [0.1, 0.15) is 0 Å². The van der Waals surface area contributed by atoms with Crippen molar-refractivity contribution >= 4 is 0 Å². The van der Waals surface area contributed by atoms with Crippen molar-refractivity contribution in [3.05, 3.63) is 215 Å². The third-order valence-electron chi connectivity index (χ3n) is 21.7. The molecule has 15 rings (SSSR count). The van der Waals surface area contributed by atoms with Crippen molar-refractivity contribution in [3.63, 3.8) is 0 Å². The highest BCUT2D eigenvalue weighted by molar-refractivity contribution is 5.44. The van der Waals surface area contributed by atoms with Crippen LogP contribution in [0, 0.1) is 47.3 Å². The van der Waals surface area contributed by atoms with Crippen molar-refractivity contribution < 1.29 is 0 Å². The summed E-state index contributed by atoms with van der Waals surface area (Å²) < 4.78 is 0. The molecule has 22 atom stereocenters. The molecule has 76 heavy (non-hydrogen) atoms. The molecule has 0 radical (unpaired) electrons. The summed E-state index contributed by atoms with van der Waals surface area (Å²) in [5.74, 6) is 5.18. The Morgan fingerprint density at radius 3 is 0.829 bits per heavy atom. The van der Waals surface area contributed by atoms with Gasteiger partial charge in [-0.3, -0.25) is 42.5 Å². The average Bonchev–Trinajstić information content (AvgIpc) is 4.26. The molecule has 8 heteroatoms. The Labute approximate surface area is 452 Å². The molecule has 4 saturated carbocycles. The van der Waals surface area contributed by atoms with Crippen molar-refractivity contribution in [3.8, 4) is 0 Å². The summed E-state index contributed by atoms with van der Waals surface area (Å²) in [6, 6.07) is 70.3. The van der Waals surface area contributed by atoms with Crippen molar-refractivity contribution in [1.82, 2.24) is 42.5 Å². The first-order chi connectivity index (χ1) is 37.7. The fourth-order valence-corrected chi connectivity index (χ4v) is 18.8. The first kappa shape index (κ1) is 48.2. The first-order valence-corrected chi connectivity index (χ1v) is 30.1. The van der Waals surface area contributed by atoms with Gasteiger partial charge in [0, 0.05) is 17.8 Å². The van der Waals surface area contributed by atoms with Gasteiger partial charge in [-0.25, -0.2) is 0 Å². The van der Waals surface area contributed by atoms with Crippen LogP contribution in [-0.2, 0) is 0 Å². The van der Waals surface area contributed by atoms with Crippen LogP contribution in [0.4, 0.5) is 0 Å². The molecule has 0 spiro atoms. The van der Waals surface area contributed by atoms with Gasteiger partial charge in [0.15, 0.2) is 0 Å². The van der Waals surface area contributed by atoms with E-state index in [0.717, 1.165) is 0 Å². The summed E-state index contributed by atoms with van der Waals surface area (Å²) in [7, 11) is 0. The lowest BCUT2D eigenvalue weighted by molar-refractivity contribution is 0.102. The van der Waals surface area contributed by atoms with E-state index in [4.69, 9.17) is 5.32 Å². The number of nitrogens with one attached hydrogen (secondary N) is 8. The Kier molecular flexibility index (Phi) is 13.1. The second-order valence-electron chi connectivity index (χ2n) is 25.1. The van der Waals surface area contributed by atoms with Gasteiger partial charge in [0.25, 0.3) is 0 Å². The van der Waals surface area contributed by atoms with Gasteiger partial charge < -0.3 is 0 Å². The van der Waals surface area contributed by atoms with Gasteiger partial charge >= 0.3 is 0 Å². The molecular formula is C68H80N8. The quantitative estimate of drug-likeness (QED) is 0.0836. The number of benzene rings is 6. The zero-order chi connectivity index (χ0) is 50.1. The lowest BCUT2D eigenvalue weighted by Gasteiger charge is -2.53. The standard InChI is InChI=1S/C68H80N8/c1-7-23-41(24-8-1)47-39-40-52-58(53(47)42-25-9-2-10-26-42)66-74-65(52)72-63-49-36-20-19-35-48(49)61(70-63)69-62-50-37-21-22-38-51(50)64(71-62)73-67-59-56(45-31-15-5-16-32-45)54(43-27-11-3-12-28-43)55(44-29-13-4-14-30-44)57(46-33-17-6-18-34-46)60(59)68(75-66)76-67/h1-18,23-34,47-76H,19-22,35-40H2. The third-order valence-corrected chi connectivity index (χ3v) is 21.7. The predicted molar refractivity (Wildman–Crippen MR) is 305 cm³/mol. The molecule has 5 aliphatic heterocycles. The number of rotatable bonds is 6. The van der Waals surface area contributed by atoms with E-state index in [-0.39, 0.29) is 84.8 Å². The van der Waals surface area contributed by atoms with Gasteiger partial charge in [-0.15, -0.1) is 0 Å². The molecule has 8 bridgehead atoms. The molecule has 8 N–H and O–H groups in total. The van der Waals surface area contributed by atoms with E-state index < -0.39 is 0 Å². The minimum Gasteiger partial charge on any atom is -0.286 e. The maximum Gasteiger partial charge on any atom is 0.0634 e. The summed E-state index contributed by atoms with van der Waals surface area (Å²) in [4.78, 5) is 0. The zero-order valence-electron chi connectivity index (χ0n) is 44.1. The minimum atomic E-state index is -0.00521. The second-order valence-corrected chi connectivity index (χ2v) is 25.1. The second kappa shape index (κ2) is 20.7. The Hall–Kier alpha value is -5.00. The van der Waals surface area contributed by atoms with Crippen LogP contribution in [0.25, 0.3) is 0 Å². The lowest BCUT2D eigenvalue weighted by atomic mass is 9.51. The van der Waals surface area contributed by atoms with E-state index in [0.29, 0.717) is 47.3 Å². The maximum atomic E-state index is 4.73. The highest BCUT2D eigenvalue weighted by atomic mass is 15.4. The molecule has 0 aromatic heterocycles. The van der Waals surface area contributed by atoms with E-state index in [1.54, 1.807) is 0 Å². The molecule has 9 aliphatic rings. The highest BCUT2D eigenvalue weighted by Crippen LogP contribution is 2.65. The van der Waals surface area contributed by atoms with E-state index >= 15 is 0 Å². The Morgan fingerprint density at radius 1 is 0.211 bits per heavy atom. The molecular weight excluding hydrogens is 929 g/mol. The molecule has 392 valence electrons. The number of hydrogen-bond donors (Lipinski definition) is 8. The van der Waals surface area contributed by atoms with Gasteiger partial charge in [-0.1, -0.05) is 208 Å². The van der Waals surface area contributed by atoms with Crippen molar-refractivity contribution in [2.75, 3.05) is 0 Å². The van der Waals surface area contributed by atoms with Crippen molar-refractivity contribution in [2.45, 2.75) is 149 Å². The SMILES string of the molecule is c1ccc(C2CCC3C4NC5NC(NC6NC(NC7NC(NC(N4)C3C2c2ccccc2)C2C(c3ccccc3)C(c3ccccc3)C(c3ccccc3)C(c3ccccc3)C72)C2CCCCC62)C2CCCCC52)cc1. The van der Waals surface area contributed by atoms with Crippen molar-refractivity contribution in [1.29, 1.82) is 0 Å². The summed E-state index contributed by atoms with van der Waals surface area (Å²) in [6.07, 6.45) is 14.0. The fraction of sp³-hybridized carbons (Fsp3) is 0.471. The Balaban J connectivity index is 0.930. The van der Waals surface area contributed by atoms with Gasteiger partial charge in [-0.2, -0.15) is 0 Å². The Morgan fingerprint density at radius 2 is 0.474 bits per heavy atom. The molecule has 6 aromatic rings. The number of hydrogen-bond acceptors (Lipinski definition) is 8. The topological polar surface area (TPSA) is 96.2 Å². The van der Waals surface area contributed by atoms with Crippen LogP contribution in [0.1, 0.15) is 133 Å². The van der Waals surface area contributed by atoms with Gasteiger partial charge in [0.05, 0.1) is 49.3 Å². The van der Waals surface area contributed by atoms with Crippen LogP contribution in [0.15, 0.2) is 182 Å². The molecule has 4 aliphatic carbocycles. The Bertz CT molecular complexity index is 2860. The number of fused-ring (bicyclic) bond motifs is 20. The molecule has 5 heterocycles. The monoisotopic (exact) mass is 1010 g/mol. The minimum absolute atomic E-state index is 0.00521. The van der Waals surface area contributed by atoms with E-state index in [1.807, 2.05) is 0 Å². The molecule has 5 saturated heterocycles. The molecule has 0 amide bonds. The summed E-state index contributed by atoms with van der Waals surface area (Å²) in [6.45, 7) is 0. The van der Waals surface area contributed by atoms with Crippen LogP contribution in [0.5, 0.6) is 0 Å². The van der Waals surface area contributed by atoms with Crippen LogP contribution in [0.3, 0.4) is 0 Å². The summed E-state index contributed by atoms with van der Waals surface area (Å²) in [5.41, 5.74) is 8.71. The largest absolute Gasteiger partial charge is 0.286 e. The maximum absolute atomic E-state index is 4.73. The van der Waals surface area contributed by atoms with Crippen LogP contribution >= 0.6 is 0 Å². The lowest BCUT2D eigenvalue weighted by Crippen LogP contribution is -2.62. The van der Waals surface area contributed by atoms with Gasteiger partial charge in [0.2, 0.25) is 0 Å². The summed E-state index contributed by atoms with van der Waals surface area (Å²) in [5, 5.41) is 36.2. The van der Waals surface area contributed by atoms with Crippen LogP contribution < -0.4 is 42.5 Å². The van der Waals surface area contributed by atoms with E-state index in [2.05, 4.69) is 219 Å². The first-order valence-electron chi connectivity index (χ1n) is 30.1. The summed E-state index contributed by atoms with van der Waals surface area (Å²) >= 11 is 0. The normalized spacial score (nSPS) is 41.5. The third kappa shape index (κ3) is 8.48. The van der Waals surface area contributed by atoms with E-state index in [1.165, 1.54) is 97.6 Å². The average molecular weight is 1010 g/mol. The van der Waals surface area contributed by atoms with Gasteiger partial charge in [-0.05, 0) is 137 Å². The smallest absolute Gasteiger partial charge is 0.0634 e. The van der Waals surface area contributed by atoms with E-state index in [9.17, 15) is 0 Å². The predicted octanol–water partition coefficient (Wildman–Crippen LogP) is 11.0. The highest BCUT2D eigenvalue weighted by Gasteiger charge is 2.63. The van der Waals surface area contributed by atoms with Crippen LogP contribution in [-0.4, -0.2) is 49.3 Å².